The molecule has 110 valence electrons. The highest BCUT2D eigenvalue weighted by Gasteiger charge is 2.39. The third kappa shape index (κ3) is 2.28. The number of hydrogen-bond donors (Lipinski definition) is 1. The van der Waals surface area contributed by atoms with E-state index < -0.39 is 9.84 Å². The molecule has 20 heavy (non-hydrogen) atoms. The van der Waals surface area contributed by atoms with Crippen molar-refractivity contribution in [2.24, 2.45) is 5.73 Å². The van der Waals surface area contributed by atoms with Gasteiger partial charge in [-0.2, -0.15) is 0 Å². The monoisotopic (exact) mass is 313 g/mol. The summed E-state index contributed by atoms with van der Waals surface area (Å²) in [6, 6.07) is 5.43. The quantitative estimate of drug-likeness (QED) is 0.929. The highest BCUT2D eigenvalue weighted by atomic mass is 35.5. The summed E-state index contributed by atoms with van der Waals surface area (Å²) in [6.07, 6.45) is 6.00. The van der Waals surface area contributed by atoms with Crippen molar-refractivity contribution >= 4 is 21.4 Å². The molecule has 0 aromatic heterocycles. The Morgan fingerprint density at radius 3 is 2.40 bits per heavy atom. The maximum Gasteiger partial charge on any atom is 0.182 e. The van der Waals surface area contributed by atoms with Crippen molar-refractivity contribution in [1.29, 1.82) is 0 Å². The first-order valence-electron chi connectivity index (χ1n) is 7.24. The third-order valence-electron chi connectivity index (χ3n) is 4.77. The summed E-state index contributed by atoms with van der Waals surface area (Å²) in [4.78, 5) is 0.288. The summed E-state index contributed by atoms with van der Waals surface area (Å²) in [6.45, 7) is 0.595. The van der Waals surface area contributed by atoms with Crippen molar-refractivity contribution in [3.63, 3.8) is 0 Å². The van der Waals surface area contributed by atoms with Crippen molar-refractivity contribution < 1.29 is 8.42 Å². The van der Waals surface area contributed by atoms with Gasteiger partial charge >= 0.3 is 0 Å². The molecule has 0 spiro atoms. The fourth-order valence-electron chi connectivity index (χ4n) is 3.28. The number of nitrogens with two attached hydrogens (primary N) is 1. The molecule has 0 bridgehead atoms. The second-order valence-corrected chi connectivity index (χ2v) is 8.68. The first kappa shape index (κ1) is 14.4. The minimum Gasteiger partial charge on any atom is -0.330 e. The topological polar surface area (TPSA) is 60.2 Å². The SMILES string of the molecule is NCC1(c2ccc(S(=O)(=O)C3CC3)c(Cl)c2)CCCC1. The molecule has 0 amide bonds. The molecule has 0 aliphatic heterocycles. The van der Waals surface area contributed by atoms with Crippen LogP contribution in [0.3, 0.4) is 0 Å². The van der Waals surface area contributed by atoms with Gasteiger partial charge in [0, 0.05) is 12.0 Å². The summed E-state index contributed by atoms with van der Waals surface area (Å²) >= 11 is 6.26. The number of halogens is 1. The second-order valence-electron chi connectivity index (χ2n) is 6.08. The Bertz CT molecular complexity index is 617. The van der Waals surface area contributed by atoms with Crippen LogP contribution in [0.1, 0.15) is 44.1 Å². The van der Waals surface area contributed by atoms with E-state index in [-0.39, 0.29) is 15.6 Å². The number of benzene rings is 1. The lowest BCUT2D eigenvalue weighted by atomic mass is 9.79. The molecule has 2 aliphatic rings. The number of sulfone groups is 1. The molecular formula is C15H20ClNO2S. The van der Waals surface area contributed by atoms with E-state index in [1.165, 1.54) is 12.8 Å². The maximum absolute atomic E-state index is 12.3. The standard InChI is InChI=1S/C15H20ClNO2S/c16-13-9-11(15(10-17)7-1-2-8-15)3-6-14(13)20(18,19)12-4-5-12/h3,6,9,12H,1-2,4-5,7-8,10,17H2. The van der Waals surface area contributed by atoms with Crippen LogP contribution >= 0.6 is 11.6 Å². The molecule has 0 radical (unpaired) electrons. The van der Waals surface area contributed by atoms with E-state index in [9.17, 15) is 8.42 Å². The van der Waals surface area contributed by atoms with Gasteiger partial charge in [0.15, 0.2) is 9.84 Å². The van der Waals surface area contributed by atoms with Gasteiger partial charge < -0.3 is 5.73 Å². The predicted molar refractivity (Wildman–Crippen MR) is 80.9 cm³/mol. The first-order chi connectivity index (χ1) is 9.49. The summed E-state index contributed by atoms with van der Waals surface area (Å²) in [5.41, 5.74) is 7.06. The summed E-state index contributed by atoms with van der Waals surface area (Å²) < 4.78 is 24.6. The first-order valence-corrected chi connectivity index (χ1v) is 9.16. The zero-order valence-corrected chi connectivity index (χ0v) is 13.0. The Balaban J connectivity index is 1.99. The highest BCUT2D eigenvalue weighted by Crippen LogP contribution is 2.43. The Labute approximate surface area is 125 Å². The summed E-state index contributed by atoms with van der Waals surface area (Å²) in [7, 11) is -3.23. The van der Waals surface area contributed by atoms with Crippen molar-refractivity contribution in [2.45, 2.75) is 54.1 Å². The number of rotatable bonds is 4. The summed E-state index contributed by atoms with van der Waals surface area (Å²) in [5.74, 6) is 0. The van der Waals surface area contributed by atoms with Crippen molar-refractivity contribution in [1.82, 2.24) is 0 Å². The van der Waals surface area contributed by atoms with Gasteiger partial charge in [0.1, 0.15) is 0 Å². The van der Waals surface area contributed by atoms with Gasteiger partial charge in [-0.15, -0.1) is 0 Å². The molecule has 5 heteroatoms. The zero-order chi connectivity index (χ0) is 14.4. The van der Waals surface area contributed by atoms with Gasteiger partial charge in [-0.1, -0.05) is 30.5 Å². The Hall–Kier alpha value is -0.580. The maximum atomic E-state index is 12.3. The molecule has 3 rings (SSSR count). The lowest BCUT2D eigenvalue weighted by Gasteiger charge is -2.28. The van der Waals surface area contributed by atoms with E-state index in [2.05, 4.69) is 0 Å². The summed E-state index contributed by atoms with van der Waals surface area (Å²) in [5, 5.41) is 0.134. The van der Waals surface area contributed by atoms with Gasteiger partial charge in [-0.05, 0) is 43.4 Å². The van der Waals surface area contributed by atoms with Crippen LogP contribution in [0.2, 0.25) is 5.02 Å². The van der Waals surface area contributed by atoms with Gasteiger partial charge in [0.25, 0.3) is 0 Å². The van der Waals surface area contributed by atoms with E-state index >= 15 is 0 Å². The molecule has 2 N–H and O–H groups in total. The second kappa shape index (κ2) is 5.00. The molecule has 2 fully saturated rings. The fraction of sp³-hybridized carbons (Fsp3) is 0.600. The van der Waals surface area contributed by atoms with Crippen molar-refractivity contribution in [3.8, 4) is 0 Å². The van der Waals surface area contributed by atoms with Gasteiger partial charge in [0.05, 0.1) is 15.2 Å². The van der Waals surface area contributed by atoms with Crippen LogP contribution in [0.5, 0.6) is 0 Å². The van der Waals surface area contributed by atoms with Crippen LogP contribution in [-0.4, -0.2) is 20.2 Å². The van der Waals surface area contributed by atoms with E-state index in [1.807, 2.05) is 12.1 Å². The van der Waals surface area contributed by atoms with Crippen LogP contribution in [-0.2, 0) is 15.3 Å². The Kier molecular flexibility index (Phi) is 3.59. The van der Waals surface area contributed by atoms with Crippen LogP contribution < -0.4 is 5.73 Å². The van der Waals surface area contributed by atoms with Gasteiger partial charge in [0.2, 0.25) is 0 Å². The van der Waals surface area contributed by atoms with Crippen LogP contribution in [0.4, 0.5) is 0 Å². The average Bonchev–Trinajstić information content (AvgIpc) is 3.18. The molecule has 1 aromatic rings. The molecule has 2 aliphatic carbocycles. The molecule has 0 saturated heterocycles. The minimum absolute atomic E-state index is 0.00842. The smallest absolute Gasteiger partial charge is 0.182 e. The van der Waals surface area contributed by atoms with Crippen LogP contribution in [0.15, 0.2) is 23.1 Å². The lowest BCUT2D eigenvalue weighted by Crippen LogP contribution is -2.32. The molecule has 3 nitrogen and oxygen atoms in total. The van der Waals surface area contributed by atoms with E-state index in [0.29, 0.717) is 11.6 Å². The fourth-order valence-corrected chi connectivity index (χ4v) is 5.49. The van der Waals surface area contributed by atoms with Gasteiger partial charge in [-0.25, -0.2) is 8.42 Å². The van der Waals surface area contributed by atoms with Crippen LogP contribution in [0.25, 0.3) is 0 Å². The molecule has 2 saturated carbocycles. The normalized spacial score (nSPS) is 22.1. The minimum atomic E-state index is -3.23. The highest BCUT2D eigenvalue weighted by molar-refractivity contribution is 7.92. The van der Waals surface area contributed by atoms with Crippen LogP contribution in [0, 0.1) is 0 Å². The van der Waals surface area contributed by atoms with E-state index in [1.54, 1.807) is 6.07 Å². The third-order valence-corrected chi connectivity index (χ3v) is 7.51. The average molecular weight is 314 g/mol. The Morgan fingerprint density at radius 1 is 1.25 bits per heavy atom. The van der Waals surface area contributed by atoms with E-state index in [4.69, 9.17) is 17.3 Å². The van der Waals surface area contributed by atoms with Gasteiger partial charge in [-0.3, -0.25) is 0 Å². The molecule has 1 aromatic carbocycles. The molecule has 0 heterocycles. The molecule has 0 unspecified atom stereocenters. The van der Waals surface area contributed by atoms with E-state index in [0.717, 1.165) is 31.2 Å². The van der Waals surface area contributed by atoms with Crippen molar-refractivity contribution in [3.05, 3.63) is 28.8 Å². The molecular weight excluding hydrogens is 294 g/mol. The number of hydrogen-bond acceptors (Lipinski definition) is 3. The largest absolute Gasteiger partial charge is 0.330 e. The zero-order valence-electron chi connectivity index (χ0n) is 11.4. The molecule has 0 atom stereocenters. The lowest BCUT2D eigenvalue weighted by molar-refractivity contribution is 0.453. The van der Waals surface area contributed by atoms with Crippen molar-refractivity contribution in [2.75, 3.05) is 6.54 Å². The Morgan fingerprint density at radius 2 is 1.90 bits per heavy atom. The predicted octanol–water partition coefficient (Wildman–Crippen LogP) is 3.05.